The Morgan fingerprint density at radius 2 is 1.93 bits per heavy atom. The Labute approximate surface area is 89.6 Å². The molecule has 1 aromatic carbocycles. The Hall–Kier alpha value is -1.18. The number of nitrogens with two attached hydrogens (primary N) is 1. The molecular formula is C7H4BrF4NO2. The highest BCUT2D eigenvalue weighted by Gasteiger charge is 2.34. The van der Waals surface area contributed by atoms with Gasteiger partial charge in [-0.1, -0.05) is 0 Å². The Kier molecular flexibility index (Phi) is 2.98. The van der Waals surface area contributed by atoms with Crippen LogP contribution in [0.5, 0.6) is 11.5 Å². The van der Waals surface area contributed by atoms with Gasteiger partial charge in [0, 0.05) is 6.07 Å². The second-order valence-electron chi connectivity index (χ2n) is 2.49. The summed E-state index contributed by atoms with van der Waals surface area (Å²) in [5.41, 5.74) is 4.70. The number of halogens is 5. The fraction of sp³-hybridized carbons (Fsp3) is 0.143. The van der Waals surface area contributed by atoms with E-state index in [9.17, 15) is 17.6 Å². The molecular weight excluding hydrogens is 286 g/mol. The topological polar surface area (TPSA) is 55.5 Å². The molecule has 84 valence electrons. The number of rotatable bonds is 1. The summed E-state index contributed by atoms with van der Waals surface area (Å²) in [4.78, 5) is 0. The van der Waals surface area contributed by atoms with Gasteiger partial charge in [0.25, 0.3) is 0 Å². The second kappa shape index (κ2) is 3.76. The predicted molar refractivity (Wildman–Crippen MR) is 46.9 cm³/mol. The van der Waals surface area contributed by atoms with Gasteiger partial charge in [-0.3, -0.25) is 0 Å². The summed E-state index contributed by atoms with van der Waals surface area (Å²) in [6.07, 6.45) is -5.05. The molecule has 0 unspecified atom stereocenters. The smallest absolute Gasteiger partial charge is 0.505 e. The fourth-order valence-electron chi connectivity index (χ4n) is 0.819. The highest BCUT2D eigenvalue weighted by Crippen LogP contribution is 2.42. The molecule has 1 aromatic rings. The van der Waals surface area contributed by atoms with Crippen LogP contribution in [0.1, 0.15) is 0 Å². The fourth-order valence-corrected chi connectivity index (χ4v) is 1.32. The zero-order chi connectivity index (χ0) is 11.8. The maximum atomic E-state index is 13.0. The van der Waals surface area contributed by atoms with Gasteiger partial charge < -0.3 is 15.6 Å². The van der Waals surface area contributed by atoms with Crippen LogP contribution in [-0.4, -0.2) is 11.5 Å². The van der Waals surface area contributed by atoms with Gasteiger partial charge in [-0.2, -0.15) is 0 Å². The predicted octanol–water partition coefficient (Wildman–Crippen LogP) is 2.77. The molecule has 0 aromatic heterocycles. The lowest BCUT2D eigenvalue weighted by atomic mass is 10.2. The molecule has 0 spiro atoms. The molecule has 0 heterocycles. The Morgan fingerprint density at radius 1 is 1.40 bits per heavy atom. The zero-order valence-electron chi connectivity index (χ0n) is 6.90. The zero-order valence-corrected chi connectivity index (χ0v) is 8.49. The van der Waals surface area contributed by atoms with Gasteiger partial charge in [0.05, 0.1) is 5.69 Å². The van der Waals surface area contributed by atoms with Crippen molar-refractivity contribution in [3.8, 4) is 11.5 Å². The molecule has 8 heteroatoms. The van der Waals surface area contributed by atoms with E-state index in [1.54, 1.807) is 0 Å². The van der Waals surface area contributed by atoms with Crippen molar-refractivity contribution < 1.29 is 27.4 Å². The molecule has 3 nitrogen and oxygen atoms in total. The summed E-state index contributed by atoms with van der Waals surface area (Å²) in [6, 6.07) is 0.529. The standard InChI is InChI=1S/C7H4BrF4NO2/c8-4-5(14)3(13)1-2(9)6(4)15-7(10,11)12/h1,14H,13H2. The van der Waals surface area contributed by atoms with Crippen LogP contribution in [-0.2, 0) is 0 Å². The molecule has 0 amide bonds. The third-order valence-electron chi connectivity index (χ3n) is 1.40. The third kappa shape index (κ3) is 2.65. The average molecular weight is 290 g/mol. The molecule has 0 saturated carbocycles. The minimum Gasteiger partial charge on any atom is -0.505 e. The molecule has 0 aliphatic heterocycles. The van der Waals surface area contributed by atoms with E-state index in [1.165, 1.54) is 0 Å². The number of nitrogen functional groups attached to an aromatic ring is 1. The van der Waals surface area contributed by atoms with Crippen molar-refractivity contribution in [1.82, 2.24) is 0 Å². The average Bonchev–Trinajstić information content (AvgIpc) is 2.07. The van der Waals surface area contributed by atoms with Crippen LogP contribution in [0, 0.1) is 5.82 Å². The maximum Gasteiger partial charge on any atom is 0.573 e. The van der Waals surface area contributed by atoms with Crippen molar-refractivity contribution in [2.45, 2.75) is 6.36 Å². The van der Waals surface area contributed by atoms with Crippen LogP contribution in [0.25, 0.3) is 0 Å². The molecule has 0 bridgehead atoms. The summed E-state index contributed by atoms with van der Waals surface area (Å²) in [6.45, 7) is 0. The number of alkyl halides is 3. The molecule has 0 radical (unpaired) electrons. The van der Waals surface area contributed by atoms with Crippen LogP contribution >= 0.6 is 15.9 Å². The number of aromatic hydroxyl groups is 1. The van der Waals surface area contributed by atoms with Crippen molar-refractivity contribution in [2.75, 3.05) is 5.73 Å². The van der Waals surface area contributed by atoms with E-state index in [0.717, 1.165) is 0 Å². The normalized spacial score (nSPS) is 11.5. The minimum atomic E-state index is -5.05. The van der Waals surface area contributed by atoms with Gasteiger partial charge in [-0.25, -0.2) is 4.39 Å². The molecule has 1 rings (SSSR count). The van der Waals surface area contributed by atoms with Crippen LogP contribution < -0.4 is 10.5 Å². The van der Waals surface area contributed by atoms with E-state index in [2.05, 4.69) is 20.7 Å². The Morgan fingerprint density at radius 3 is 2.40 bits per heavy atom. The maximum absolute atomic E-state index is 13.0. The van der Waals surface area contributed by atoms with Gasteiger partial charge >= 0.3 is 6.36 Å². The highest BCUT2D eigenvalue weighted by molar-refractivity contribution is 9.10. The molecule has 0 atom stereocenters. The van der Waals surface area contributed by atoms with Gasteiger partial charge in [-0.05, 0) is 15.9 Å². The number of anilines is 1. The third-order valence-corrected chi connectivity index (χ3v) is 2.13. The first-order valence-electron chi connectivity index (χ1n) is 3.44. The number of hydrogen-bond acceptors (Lipinski definition) is 3. The van der Waals surface area contributed by atoms with Gasteiger partial charge in [0.15, 0.2) is 17.3 Å². The summed E-state index contributed by atoms with van der Waals surface area (Å²) in [5, 5.41) is 9.12. The number of hydrogen-bond donors (Lipinski definition) is 2. The summed E-state index contributed by atoms with van der Waals surface area (Å²) < 4.78 is 51.2. The highest BCUT2D eigenvalue weighted by atomic mass is 79.9. The first kappa shape index (κ1) is 11.9. The van der Waals surface area contributed by atoms with E-state index < -0.39 is 33.8 Å². The second-order valence-corrected chi connectivity index (χ2v) is 3.28. The van der Waals surface area contributed by atoms with E-state index in [0.29, 0.717) is 6.07 Å². The molecule has 0 fully saturated rings. The summed E-state index contributed by atoms with van der Waals surface area (Å²) in [5.74, 6) is -3.20. The van der Waals surface area contributed by atoms with Crippen molar-refractivity contribution >= 4 is 21.6 Å². The first-order valence-corrected chi connectivity index (χ1v) is 4.24. The quantitative estimate of drug-likeness (QED) is 0.475. The number of ether oxygens (including phenoxy) is 1. The van der Waals surface area contributed by atoms with Gasteiger partial charge in [0.2, 0.25) is 0 Å². The van der Waals surface area contributed by atoms with Crippen molar-refractivity contribution in [3.63, 3.8) is 0 Å². The molecule has 0 saturated heterocycles. The summed E-state index contributed by atoms with van der Waals surface area (Å²) >= 11 is 2.54. The van der Waals surface area contributed by atoms with Gasteiger partial charge in [0.1, 0.15) is 4.47 Å². The SMILES string of the molecule is Nc1cc(F)c(OC(F)(F)F)c(Br)c1O. The first-order chi connectivity index (χ1) is 6.72. The molecule has 0 aliphatic carbocycles. The van der Waals surface area contributed by atoms with Crippen molar-refractivity contribution in [2.24, 2.45) is 0 Å². The largest absolute Gasteiger partial charge is 0.573 e. The van der Waals surface area contributed by atoms with Crippen LogP contribution in [0.3, 0.4) is 0 Å². The lowest BCUT2D eigenvalue weighted by Gasteiger charge is -2.13. The lowest BCUT2D eigenvalue weighted by molar-refractivity contribution is -0.275. The van der Waals surface area contributed by atoms with Gasteiger partial charge in [-0.15, -0.1) is 13.2 Å². The number of phenols is 1. The number of benzene rings is 1. The van der Waals surface area contributed by atoms with E-state index >= 15 is 0 Å². The molecule has 3 N–H and O–H groups in total. The summed E-state index contributed by atoms with van der Waals surface area (Å²) in [7, 11) is 0. The van der Waals surface area contributed by atoms with Crippen LogP contribution in [0.2, 0.25) is 0 Å². The molecule has 0 aliphatic rings. The minimum absolute atomic E-state index is 0.395. The van der Waals surface area contributed by atoms with Crippen molar-refractivity contribution in [1.29, 1.82) is 0 Å². The van der Waals surface area contributed by atoms with Crippen LogP contribution in [0.15, 0.2) is 10.5 Å². The molecule has 15 heavy (non-hydrogen) atoms. The Bertz CT molecular complexity index is 394. The lowest BCUT2D eigenvalue weighted by Crippen LogP contribution is -2.18. The number of phenolic OH excluding ortho intramolecular Hbond substituents is 1. The van der Waals surface area contributed by atoms with E-state index in [-0.39, 0.29) is 0 Å². The monoisotopic (exact) mass is 289 g/mol. The van der Waals surface area contributed by atoms with E-state index in [1.807, 2.05) is 0 Å². The van der Waals surface area contributed by atoms with E-state index in [4.69, 9.17) is 10.8 Å². The van der Waals surface area contributed by atoms with Crippen LogP contribution in [0.4, 0.5) is 23.2 Å². The van der Waals surface area contributed by atoms with Crippen molar-refractivity contribution in [3.05, 3.63) is 16.4 Å². The Balaban J connectivity index is 3.24.